The number of nitrogens with one attached hydrogen (secondary N) is 1. The number of rotatable bonds is 11. The minimum absolute atomic E-state index is 0.0201. The number of hydrogen-bond donors (Lipinski definition) is 2. The molecule has 0 spiro atoms. The first-order valence-electron chi connectivity index (χ1n) is 13.7. The van der Waals surface area contributed by atoms with Gasteiger partial charge in [-0.3, -0.25) is 19.4 Å². The first-order chi connectivity index (χ1) is 20.4. The standard InChI is InChI=1S/C31H31N7O4/c1-36-27-15-10-21(30(40)34-22(18-33)7-5-6-16-32)17-26(27)35-28(36)19-38-29(39)20-37(31(38)41)23-11-13-25(14-12-23)42-24-8-3-2-4-9-24/h2-4,8-15,17,22H,5-7,16,19-20,32H2,1H3,(H,34,40)/t22-/m0/s1. The van der Waals surface area contributed by atoms with E-state index < -0.39 is 12.1 Å². The van der Waals surface area contributed by atoms with Crippen molar-refractivity contribution < 1.29 is 19.1 Å². The molecule has 2 heterocycles. The number of nitriles is 1. The molecule has 1 saturated heterocycles. The van der Waals surface area contributed by atoms with E-state index in [0.717, 1.165) is 18.4 Å². The number of benzene rings is 3. The molecule has 0 saturated carbocycles. The molecule has 1 fully saturated rings. The molecule has 11 heteroatoms. The first-order valence-corrected chi connectivity index (χ1v) is 13.7. The Morgan fingerprint density at radius 1 is 1.07 bits per heavy atom. The lowest BCUT2D eigenvalue weighted by atomic mass is 10.1. The molecule has 3 N–H and O–H groups in total. The fraction of sp³-hybridized carbons (Fsp3) is 0.258. The number of aromatic nitrogens is 2. The van der Waals surface area contributed by atoms with Crippen molar-refractivity contribution >= 4 is 34.6 Å². The Hall–Kier alpha value is -5.21. The Bertz CT molecular complexity index is 1640. The SMILES string of the molecule is Cn1c(CN2C(=O)CN(c3ccc(Oc4ccccc4)cc3)C2=O)nc2cc(C(=O)N[C@H](C#N)CCCCN)ccc21. The normalized spacial score (nSPS) is 13.8. The van der Waals surface area contributed by atoms with Gasteiger partial charge in [0, 0.05) is 18.3 Å². The van der Waals surface area contributed by atoms with Crippen molar-refractivity contribution in [2.24, 2.45) is 12.8 Å². The van der Waals surface area contributed by atoms with E-state index >= 15 is 0 Å². The van der Waals surface area contributed by atoms with E-state index in [2.05, 4.69) is 16.4 Å². The molecular weight excluding hydrogens is 534 g/mol. The summed E-state index contributed by atoms with van der Waals surface area (Å²) < 4.78 is 7.61. The number of aryl methyl sites for hydroxylation is 1. The minimum atomic E-state index is -0.609. The molecule has 42 heavy (non-hydrogen) atoms. The maximum absolute atomic E-state index is 13.3. The second kappa shape index (κ2) is 12.5. The number of carbonyl (C=O) groups excluding carboxylic acids is 3. The number of urea groups is 1. The monoisotopic (exact) mass is 565 g/mol. The van der Waals surface area contributed by atoms with Gasteiger partial charge in [-0.2, -0.15) is 5.26 Å². The van der Waals surface area contributed by atoms with Crippen LogP contribution in [0.3, 0.4) is 0 Å². The van der Waals surface area contributed by atoms with Gasteiger partial charge in [-0.25, -0.2) is 9.78 Å². The summed E-state index contributed by atoms with van der Waals surface area (Å²) in [5, 5.41) is 12.1. The molecule has 4 aromatic rings. The number of imidazole rings is 1. The number of amides is 4. The number of nitrogens with zero attached hydrogens (tertiary/aromatic N) is 5. The number of anilines is 1. The third kappa shape index (κ3) is 6.09. The van der Waals surface area contributed by atoms with Crippen LogP contribution in [0.2, 0.25) is 0 Å². The number of unbranched alkanes of at least 4 members (excludes halogenated alkanes) is 1. The average Bonchev–Trinajstić information content (AvgIpc) is 3.47. The Morgan fingerprint density at radius 2 is 1.81 bits per heavy atom. The van der Waals surface area contributed by atoms with Crippen molar-refractivity contribution in [3.63, 3.8) is 0 Å². The summed E-state index contributed by atoms with van der Waals surface area (Å²) in [6, 6.07) is 22.5. The fourth-order valence-corrected chi connectivity index (χ4v) is 4.79. The lowest BCUT2D eigenvalue weighted by molar-refractivity contribution is -0.125. The smallest absolute Gasteiger partial charge is 0.332 e. The Labute approximate surface area is 243 Å². The number of ether oxygens (including phenoxy) is 1. The Balaban J connectivity index is 1.27. The Morgan fingerprint density at radius 3 is 2.52 bits per heavy atom. The number of para-hydroxylation sites is 1. The highest BCUT2D eigenvalue weighted by Gasteiger charge is 2.37. The molecule has 11 nitrogen and oxygen atoms in total. The van der Waals surface area contributed by atoms with Crippen LogP contribution in [-0.2, 0) is 18.4 Å². The van der Waals surface area contributed by atoms with Gasteiger partial charge >= 0.3 is 6.03 Å². The van der Waals surface area contributed by atoms with E-state index in [4.69, 9.17) is 10.5 Å². The van der Waals surface area contributed by atoms with Crippen LogP contribution in [-0.4, -0.2) is 51.4 Å². The first kappa shape index (κ1) is 28.3. The molecule has 214 valence electrons. The summed E-state index contributed by atoms with van der Waals surface area (Å²) >= 11 is 0. The van der Waals surface area contributed by atoms with Crippen LogP contribution in [0.5, 0.6) is 11.5 Å². The molecule has 1 aliphatic rings. The lowest BCUT2D eigenvalue weighted by Gasteiger charge is -2.17. The predicted molar refractivity (Wildman–Crippen MR) is 157 cm³/mol. The highest BCUT2D eigenvalue weighted by atomic mass is 16.5. The fourth-order valence-electron chi connectivity index (χ4n) is 4.79. The van der Waals surface area contributed by atoms with Crippen molar-refractivity contribution in [1.82, 2.24) is 19.8 Å². The third-order valence-electron chi connectivity index (χ3n) is 7.13. The second-order valence-electron chi connectivity index (χ2n) is 9.99. The van der Waals surface area contributed by atoms with Gasteiger partial charge in [0.1, 0.15) is 29.9 Å². The molecule has 1 aromatic heterocycles. The second-order valence-corrected chi connectivity index (χ2v) is 9.99. The molecule has 1 aliphatic heterocycles. The van der Waals surface area contributed by atoms with Crippen LogP contribution in [0.15, 0.2) is 72.8 Å². The quantitative estimate of drug-likeness (QED) is 0.206. The number of imide groups is 1. The van der Waals surface area contributed by atoms with Crippen LogP contribution in [0.4, 0.5) is 10.5 Å². The summed E-state index contributed by atoms with van der Waals surface area (Å²) in [4.78, 5) is 46.2. The lowest BCUT2D eigenvalue weighted by Crippen LogP contribution is -2.33. The van der Waals surface area contributed by atoms with Crippen molar-refractivity contribution in [1.29, 1.82) is 5.26 Å². The molecule has 3 aromatic carbocycles. The number of carbonyl (C=O) groups is 3. The van der Waals surface area contributed by atoms with Gasteiger partial charge in [0.25, 0.3) is 11.8 Å². The highest BCUT2D eigenvalue weighted by molar-refractivity contribution is 6.12. The van der Waals surface area contributed by atoms with Gasteiger partial charge in [0.05, 0.1) is 23.6 Å². The van der Waals surface area contributed by atoms with Gasteiger partial charge in [0.15, 0.2) is 0 Å². The Kier molecular flexibility index (Phi) is 8.45. The van der Waals surface area contributed by atoms with Gasteiger partial charge in [-0.15, -0.1) is 0 Å². The van der Waals surface area contributed by atoms with E-state index in [1.54, 1.807) is 54.1 Å². The number of fused-ring (bicyclic) bond motifs is 1. The molecule has 0 radical (unpaired) electrons. The van der Waals surface area contributed by atoms with Crippen LogP contribution in [0.1, 0.15) is 35.4 Å². The molecule has 4 amide bonds. The maximum atomic E-state index is 13.3. The summed E-state index contributed by atoms with van der Waals surface area (Å²) in [5.74, 6) is 1.10. The molecule has 5 rings (SSSR count). The zero-order valence-electron chi connectivity index (χ0n) is 23.2. The number of hydrogen-bond acceptors (Lipinski definition) is 7. The van der Waals surface area contributed by atoms with E-state index in [1.165, 1.54) is 9.80 Å². The summed E-state index contributed by atoms with van der Waals surface area (Å²) in [5.41, 5.74) is 7.75. The third-order valence-corrected chi connectivity index (χ3v) is 7.13. The van der Waals surface area contributed by atoms with Crippen molar-refractivity contribution in [3.05, 3.63) is 84.2 Å². The van der Waals surface area contributed by atoms with Crippen LogP contribution in [0.25, 0.3) is 11.0 Å². The summed E-state index contributed by atoms with van der Waals surface area (Å²) in [6.45, 7) is 0.431. The zero-order chi connectivity index (χ0) is 29.6. The molecule has 0 unspecified atom stereocenters. The van der Waals surface area contributed by atoms with E-state index in [0.29, 0.717) is 47.1 Å². The largest absolute Gasteiger partial charge is 0.457 e. The number of nitrogens with two attached hydrogens (primary N) is 1. The van der Waals surface area contributed by atoms with E-state index in [1.807, 2.05) is 30.3 Å². The predicted octanol–water partition coefficient (Wildman–Crippen LogP) is 4.09. The van der Waals surface area contributed by atoms with E-state index in [9.17, 15) is 19.6 Å². The van der Waals surface area contributed by atoms with Crippen molar-refractivity contribution in [2.45, 2.75) is 31.8 Å². The van der Waals surface area contributed by atoms with Gasteiger partial charge < -0.3 is 20.4 Å². The van der Waals surface area contributed by atoms with Crippen LogP contribution < -0.4 is 20.7 Å². The van der Waals surface area contributed by atoms with Gasteiger partial charge in [-0.1, -0.05) is 18.2 Å². The van der Waals surface area contributed by atoms with Gasteiger partial charge in [-0.05, 0) is 80.4 Å². The van der Waals surface area contributed by atoms with Crippen LogP contribution in [0, 0.1) is 11.3 Å². The van der Waals surface area contributed by atoms with Crippen molar-refractivity contribution in [2.75, 3.05) is 18.0 Å². The molecule has 0 aliphatic carbocycles. The van der Waals surface area contributed by atoms with E-state index in [-0.39, 0.29) is 24.9 Å². The maximum Gasteiger partial charge on any atom is 0.332 e. The summed E-state index contributed by atoms with van der Waals surface area (Å²) in [6.07, 6.45) is 2.05. The topological polar surface area (TPSA) is 147 Å². The minimum Gasteiger partial charge on any atom is -0.457 e. The summed E-state index contributed by atoms with van der Waals surface area (Å²) in [7, 11) is 1.79. The van der Waals surface area contributed by atoms with Crippen LogP contribution >= 0.6 is 0 Å². The van der Waals surface area contributed by atoms with Crippen molar-refractivity contribution in [3.8, 4) is 17.6 Å². The average molecular weight is 566 g/mol. The molecule has 0 bridgehead atoms. The molecular formula is C31H31N7O4. The van der Waals surface area contributed by atoms with Gasteiger partial charge in [0.2, 0.25) is 0 Å². The molecule has 1 atom stereocenters. The zero-order valence-corrected chi connectivity index (χ0v) is 23.2. The highest BCUT2D eigenvalue weighted by Crippen LogP contribution is 2.28.